The highest BCUT2D eigenvalue weighted by molar-refractivity contribution is 7.97. The van der Waals surface area contributed by atoms with Crippen LogP contribution in [-0.4, -0.2) is 41.9 Å². The first kappa shape index (κ1) is 24.9. The van der Waals surface area contributed by atoms with Crippen LogP contribution in [0.3, 0.4) is 0 Å². The van der Waals surface area contributed by atoms with E-state index in [0.29, 0.717) is 39.3 Å². The van der Waals surface area contributed by atoms with Crippen LogP contribution in [0, 0.1) is 10.1 Å². The first-order valence-electron chi connectivity index (χ1n) is 10.6. The van der Waals surface area contributed by atoms with E-state index in [4.69, 9.17) is 21.1 Å². The minimum Gasteiger partial charge on any atom is -0.492 e. The molecule has 1 saturated heterocycles. The van der Waals surface area contributed by atoms with Crippen LogP contribution in [0.5, 0.6) is 0 Å². The Morgan fingerprint density at radius 1 is 1.24 bits per heavy atom. The molecule has 1 amide bonds. The summed E-state index contributed by atoms with van der Waals surface area (Å²) in [5, 5.41) is 15.0. The maximum absolute atomic E-state index is 13.0. The van der Waals surface area contributed by atoms with Crippen molar-refractivity contribution in [1.82, 2.24) is 4.31 Å². The SMILES string of the molecule is CCCN(CCC)Sc1ccc(C(=O)Nc2ccc(Cl)cc2/C(OC)=C2\CO2)cc1[N+](=O)[O-]. The molecule has 0 unspecified atom stereocenters. The van der Waals surface area contributed by atoms with Gasteiger partial charge in [0.25, 0.3) is 11.6 Å². The van der Waals surface area contributed by atoms with Gasteiger partial charge in [0.1, 0.15) is 11.5 Å². The summed E-state index contributed by atoms with van der Waals surface area (Å²) in [7, 11) is 1.51. The Morgan fingerprint density at radius 2 is 1.94 bits per heavy atom. The fourth-order valence-electron chi connectivity index (χ4n) is 3.27. The Labute approximate surface area is 202 Å². The van der Waals surface area contributed by atoms with Crippen LogP contribution in [0.1, 0.15) is 42.6 Å². The number of hydrogen-bond donors (Lipinski definition) is 1. The van der Waals surface area contributed by atoms with Gasteiger partial charge in [-0.25, -0.2) is 4.31 Å². The van der Waals surface area contributed by atoms with Gasteiger partial charge in [-0.15, -0.1) is 0 Å². The molecular weight excluding hydrogens is 466 g/mol. The molecule has 8 nitrogen and oxygen atoms in total. The second-order valence-electron chi connectivity index (χ2n) is 7.35. The van der Waals surface area contributed by atoms with Crippen LogP contribution in [0.4, 0.5) is 11.4 Å². The van der Waals surface area contributed by atoms with E-state index in [1.165, 1.54) is 25.1 Å². The number of carbonyl (C=O) groups is 1. The summed E-state index contributed by atoms with van der Waals surface area (Å²) in [4.78, 5) is 24.8. The highest BCUT2D eigenvalue weighted by atomic mass is 35.5. The van der Waals surface area contributed by atoms with Gasteiger partial charge >= 0.3 is 0 Å². The number of carbonyl (C=O) groups excluding carboxylic acids is 1. The van der Waals surface area contributed by atoms with Crippen LogP contribution >= 0.6 is 23.5 Å². The minimum absolute atomic E-state index is 0.104. The van der Waals surface area contributed by atoms with Crippen molar-refractivity contribution in [1.29, 1.82) is 0 Å². The summed E-state index contributed by atoms with van der Waals surface area (Å²) in [6.45, 7) is 6.21. The van der Waals surface area contributed by atoms with Gasteiger partial charge in [-0.1, -0.05) is 25.4 Å². The number of anilines is 1. The zero-order valence-corrected chi connectivity index (χ0v) is 20.3. The quantitative estimate of drug-likeness (QED) is 0.136. The molecule has 1 N–H and O–H groups in total. The van der Waals surface area contributed by atoms with Crippen LogP contribution in [0.25, 0.3) is 5.76 Å². The topological polar surface area (TPSA) is 97.2 Å². The predicted octanol–water partition coefficient (Wildman–Crippen LogP) is 5.97. The summed E-state index contributed by atoms with van der Waals surface area (Å²) >= 11 is 7.49. The average molecular weight is 492 g/mol. The molecule has 1 fully saturated rings. The molecular formula is C23H26ClN3O5S. The van der Waals surface area contributed by atoms with E-state index in [-0.39, 0.29) is 11.3 Å². The molecule has 0 aliphatic carbocycles. The van der Waals surface area contributed by atoms with Crippen LogP contribution in [0.15, 0.2) is 47.1 Å². The molecule has 1 aliphatic heterocycles. The van der Waals surface area contributed by atoms with Crippen LogP contribution < -0.4 is 5.32 Å². The number of nitro benzene ring substituents is 1. The lowest BCUT2D eigenvalue weighted by Crippen LogP contribution is -2.18. The van der Waals surface area contributed by atoms with Crippen molar-refractivity contribution in [3.8, 4) is 0 Å². The first-order chi connectivity index (χ1) is 15.9. The molecule has 10 heteroatoms. The van der Waals surface area contributed by atoms with Crippen molar-refractivity contribution >= 4 is 46.6 Å². The fourth-order valence-corrected chi connectivity index (χ4v) is 4.62. The molecule has 0 radical (unpaired) electrons. The third-order valence-corrected chi connectivity index (χ3v) is 6.21. The van der Waals surface area contributed by atoms with Crippen molar-refractivity contribution in [3.05, 3.63) is 68.4 Å². The number of ether oxygens (including phenoxy) is 2. The third kappa shape index (κ3) is 6.40. The minimum atomic E-state index is -0.477. The number of rotatable bonds is 11. The summed E-state index contributed by atoms with van der Waals surface area (Å²) in [6.07, 6.45) is 1.88. The molecule has 33 heavy (non-hydrogen) atoms. The number of halogens is 1. The average Bonchev–Trinajstić information content (AvgIpc) is 3.61. The Balaban J connectivity index is 1.87. The van der Waals surface area contributed by atoms with E-state index in [1.54, 1.807) is 30.3 Å². The van der Waals surface area contributed by atoms with Crippen molar-refractivity contribution in [3.63, 3.8) is 0 Å². The Kier molecular flexibility index (Phi) is 8.60. The number of amides is 1. The van der Waals surface area contributed by atoms with Crippen molar-refractivity contribution in [2.45, 2.75) is 31.6 Å². The lowest BCUT2D eigenvalue weighted by molar-refractivity contribution is -0.387. The number of benzene rings is 2. The maximum atomic E-state index is 13.0. The standard InChI is InChI=1S/C23H26ClN3O5S/c1-4-10-26(11-5-2)33-21-9-6-15(12-19(21)27(29)30)23(28)25-18-8-7-16(24)13-17(18)22(31-3)20-14-32-20/h6-9,12-13H,4-5,10-11,14H2,1-3H3,(H,25,28)/b22-20-. The number of nitrogens with one attached hydrogen (secondary N) is 1. The molecule has 1 aliphatic rings. The second-order valence-corrected chi connectivity index (χ2v) is 8.92. The normalized spacial score (nSPS) is 14.0. The van der Waals surface area contributed by atoms with Gasteiger partial charge in [0.15, 0.2) is 11.5 Å². The summed E-state index contributed by atoms with van der Waals surface area (Å²) in [5.41, 5.74) is 1.11. The Morgan fingerprint density at radius 3 is 2.52 bits per heavy atom. The molecule has 1 heterocycles. The second kappa shape index (κ2) is 11.4. The van der Waals surface area contributed by atoms with E-state index in [1.807, 2.05) is 0 Å². The summed E-state index contributed by atoms with van der Waals surface area (Å²) in [6, 6.07) is 9.50. The lowest BCUT2D eigenvalue weighted by atomic mass is 10.1. The number of nitro groups is 1. The Bertz CT molecular complexity index is 1060. The van der Waals surface area contributed by atoms with Crippen molar-refractivity contribution in [2.75, 3.05) is 32.1 Å². The molecule has 3 rings (SSSR count). The lowest BCUT2D eigenvalue weighted by Gasteiger charge is -2.19. The van der Waals surface area contributed by atoms with Gasteiger partial charge in [0, 0.05) is 35.3 Å². The zero-order chi connectivity index (χ0) is 24.0. The number of hydrogen-bond acceptors (Lipinski definition) is 7. The zero-order valence-electron chi connectivity index (χ0n) is 18.7. The van der Waals surface area contributed by atoms with E-state index in [9.17, 15) is 14.9 Å². The van der Waals surface area contributed by atoms with E-state index >= 15 is 0 Å². The van der Waals surface area contributed by atoms with E-state index in [0.717, 1.165) is 25.9 Å². The van der Waals surface area contributed by atoms with Gasteiger partial charge in [-0.3, -0.25) is 14.9 Å². The molecule has 2 aromatic rings. The number of methoxy groups -OCH3 is 1. The summed E-state index contributed by atoms with van der Waals surface area (Å²) < 4.78 is 12.8. The molecule has 0 saturated carbocycles. The molecule has 0 aromatic heterocycles. The molecule has 0 spiro atoms. The number of nitrogens with zero attached hydrogens (tertiary/aromatic N) is 2. The molecule has 176 valence electrons. The predicted molar refractivity (Wildman–Crippen MR) is 130 cm³/mol. The highest BCUT2D eigenvalue weighted by Crippen LogP contribution is 2.36. The molecule has 2 aromatic carbocycles. The monoisotopic (exact) mass is 491 g/mol. The van der Waals surface area contributed by atoms with E-state index in [2.05, 4.69) is 23.5 Å². The maximum Gasteiger partial charge on any atom is 0.284 e. The molecule has 0 bridgehead atoms. The van der Waals surface area contributed by atoms with Crippen molar-refractivity contribution in [2.24, 2.45) is 0 Å². The smallest absolute Gasteiger partial charge is 0.284 e. The van der Waals surface area contributed by atoms with Gasteiger partial charge in [0.05, 0.1) is 17.7 Å². The number of epoxide rings is 1. The van der Waals surface area contributed by atoms with Gasteiger partial charge in [0.2, 0.25) is 0 Å². The highest BCUT2D eigenvalue weighted by Gasteiger charge is 2.26. The summed E-state index contributed by atoms with van der Waals surface area (Å²) in [5.74, 6) is 0.669. The Hall–Kier alpha value is -2.75. The van der Waals surface area contributed by atoms with Gasteiger partial charge in [-0.05, 0) is 55.1 Å². The van der Waals surface area contributed by atoms with Crippen molar-refractivity contribution < 1.29 is 19.2 Å². The third-order valence-electron chi connectivity index (χ3n) is 4.81. The largest absolute Gasteiger partial charge is 0.492 e. The first-order valence-corrected chi connectivity index (χ1v) is 11.8. The fraction of sp³-hybridized carbons (Fsp3) is 0.348. The van der Waals surface area contributed by atoms with Crippen LogP contribution in [0.2, 0.25) is 5.02 Å². The molecule has 0 atom stereocenters. The van der Waals surface area contributed by atoms with E-state index < -0.39 is 10.8 Å². The van der Waals surface area contributed by atoms with Gasteiger partial charge in [-0.2, -0.15) is 0 Å². The van der Waals surface area contributed by atoms with Crippen LogP contribution in [-0.2, 0) is 9.47 Å². The van der Waals surface area contributed by atoms with Gasteiger partial charge < -0.3 is 14.8 Å².